The Labute approximate surface area is 165 Å². The Morgan fingerprint density at radius 3 is 2.57 bits per heavy atom. The average molecular weight is 401 g/mol. The highest BCUT2D eigenvalue weighted by atomic mass is 32.2. The van der Waals surface area contributed by atoms with Crippen molar-refractivity contribution in [3.05, 3.63) is 59.6 Å². The summed E-state index contributed by atoms with van der Waals surface area (Å²) in [5.41, 5.74) is 5.57. The number of aromatic nitrogens is 2. The second kappa shape index (κ2) is 10.1. The number of nitrogens with one attached hydrogen (secondary N) is 2. The van der Waals surface area contributed by atoms with Gasteiger partial charge in [0.15, 0.2) is 5.16 Å². The lowest BCUT2D eigenvalue weighted by Gasteiger charge is -2.10. The number of nitrogens with zero attached hydrogens (tertiary/aromatic N) is 2. The van der Waals surface area contributed by atoms with Gasteiger partial charge in [-0.25, -0.2) is 14.8 Å². The second-order valence-corrected chi connectivity index (χ2v) is 6.00. The number of primary amides is 1. The Morgan fingerprint density at radius 1 is 1.25 bits per heavy atom. The van der Waals surface area contributed by atoms with E-state index in [4.69, 9.17) is 10.5 Å². The zero-order valence-corrected chi connectivity index (χ0v) is 16.1. The van der Waals surface area contributed by atoms with Gasteiger partial charge in [0.05, 0.1) is 6.61 Å². The van der Waals surface area contributed by atoms with E-state index in [0.29, 0.717) is 10.7 Å². The summed E-state index contributed by atoms with van der Waals surface area (Å²) in [4.78, 5) is 44.3. The van der Waals surface area contributed by atoms with Crippen LogP contribution in [0.4, 0.5) is 5.82 Å². The smallest absolute Gasteiger partial charge is 0.343 e. The van der Waals surface area contributed by atoms with Crippen molar-refractivity contribution in [2.24, 2.45) is 5.73 Å². The number of thioether (sulfide) groups is 1. The largest absolute Gasteiger partial charge is 0.462 e. The summed E-state index contributed by atoms with van der Waals surface area (Å²) in [5, 5.41) is 5.55. The van der Waals surface area contributed by atoms with Gasteiger partial charge in [-0.1, -0.05) is 30.0 Å². The van der Waals surface area contributed by atoms with Crippen molar-refractivity contribution in [3.8, 4) is 0 Å². The van der Waals surface area contributed by atoms with Gasteiger partial charge in [0.25, 0.3) is 11.8 Å². The number of hydrogen-bond acceptors (Lipinski definition) is 8. The second-order valence-electron chi connectivity index (χ2n) is 5.23. The Kier molecular flexibility index (Phi) is 7.52. The van der Waals surface area contributed by atoms with Gasteiger partial charge < -0.3 is 21.1 Å². The van der Waals surface area contributed by atoms with Gasteiger partial charge in [0.1, 0.15) is 17.1 Å². The number of nitrogens with two attached hydrogens (primary N) is 1. The van der Waals surface area contributed by atoms with Gasteiger partial charge in [-0.2, -0.15) is 0 Å². The summed E-state index contributed by atoms with van der Waals surface area (Å²) >= 11 is 1.27. The normalized spacial score (nSPS) is 10.9. The lowest BCUT2D eigenvalue weighted by molar-refractivity contribution is -0.114. The molecule has 0 atom stereocenters. The first-order chi connectivity index (χ1) is 13.5. The fraction of sp³-hybridized carbons (Fsp3) is 0.167. The number of carbonyl (C=O) groups excluding carboxylic acids is 3. The average Bonchev–Trinajstić information content (AvgIpc) is 2.71. The van der Waals surface area contributed by atoms with Crippen LogP contribution in [0, 0.1) is 0 Å². The van der Waals surface area contributed by atoms with Gasteiger partial charge in [-0.15, -0.1) is 0 Å². The SMILES string of the molecule is CCOC(=O)c1cnc(SC)nc1N/C=C(\NC(=O)c1ccccc1)C(N)=O. The fourth-order valence-electron chi connectivity index (χ4n) is 2.03. The van der Waals surface area contributed by atoms with E-state index in [2.05, 4.69) is 20.6 Å². The van der Waals surface area contributed by atoms with E-state index in [9.17, 15) is 14.4 Å². The molecule has 1 aromatic heterocycles. The van der Waals surface area contributed by atoms with Gasteiger partial charge in [-0.3, -0.25) is 9.59 Å². The van der Waals surface area contributed by atoms with Crippen LogP contribution in [0.5, 0.6) is 0 Å². The van der Waals surface area contributed by atoms with E-state index in [1.54, 1.807) is 43.5 Å². The minimum absolute atomic E-state index is 0.0779. The molecule has 0 saturated heterocycles. The molecule has 2 aromatic rings. The number of hydrogen-bond donors (Lipinski definition) is 3. The molecule has 2 amide bonds. The summed E-state index contributed by atoms with van der Waals surface area (Å²) in [6.45, 7) is 1.85. The number of ether oxygens (including phenoxy) is 1. The van der Waals surface area contributed by atoms with E-state index in [-0.39, 0.29) is 23.7 Å². The van der Waals surface area contributed by atoms with E-state index < -0.39 is 17.8 Å². The molecule has 0 aliphatic heterocycles. The quantitative estimate of drug-likeness (QED) is 0.262. The molecule has 0 aliphatic carbocycles. The highest BCUT2D eigenvalue weighted by Crippen LogP contribution is 2.18. The maximum atomic E-state index is 12.2. The van der Waals surface area contributed by atoms with Crippen LogP contribution >= 0.6 is 11.8 Å². The lowest BCUT2D eigenvalue weighted by Crippen LogP contribution is -2.32. The van der Waals surface area contributed by atoms with Gasteiger partial charge >= 0.3 is 5.97 Å². The molecular formula is C18H19N5O4S. The number of benzene rings is 1. The molecule has 28 heavy (non-hydrogen) atoms. The van der Waals surface area contributed by atoms with E-state index in [1.165, 1.54) is 24.2 Å². The topological polar surface area (TPSA) is 136 Å². The molecule has 0 saturated carbocycles. The molecular weight excluding hydrogens is 382 g/mol. The molecule has 10 heteroatoms. The Balaban J connectivity index is 2.28. The summed E-state index contributed by atoms with van der Waals surface area (Å²) in [6.07, 6.45) is 4.26. The van der Waals surface area contributed by atoms with Crippen LogP contribution in [0.2, 0.25) is 0 Å². The number of esters is 1. The van der Waals surface area contributed by atoms with Crippen LogP contribution in [0.3, 0.4) is 0 Å². The zero-order valence-electron chi connectivity index (χ0n) is 15.3. The minimum atomic E-state index is -0.867. The van der Waals surface area contributed by atoms with E-state index in [0.717, 1.165) is 0 Å². The zero-order chi connectivity index (χ0) is 20.5. The number of rotatable bonds is 8. The number of anilines is 1. The summed E-state index contributed by atoms with van der Waals surface area (Å²) in [7, 11) is 0. The molecule has 2 rings (SSSR count). The van der Waals surface area contributed by atoms with Gasteiger partial charge in [0, 0.05) is 18.0 Å². The summed E-state index contributed by atoms with van der Waals surface area (Å²) < 4.78 is 4.97. The molecule has 0 spiro atoms. The molecule has 0 unspecified atom stereocenters. The van der Waals surface area contributed by atoms with Crippen molar-refractivity contribution < 1.29 is 19.1 Å². The fourth-order valence-corrected chi connectivity index (χ4v) is 2.37. The predicted molar refractivity (Wildman–Crippen MR) is 105 cm³/mol. The predicted octanol–water partition coefficient (Wildman–Crippen LogP) is 1.54. The van der Waals surface area contributed by atoms with Crippen LogP contribution in [0.1, 0.15) is 27.6 Å². The molecule has 0 radical (unpaired) electrons. The van der Waals surface area contributed by atoms with E-state index >= 15 is 0 Å². The van der Waals surface area contributed by atoms with Crippen LogP contribution in [-0.2, 0) is 9.53 Å². The van der Waals surface area contributed by atoms with Crippen molar-refractivity contribution in [1.82, 2.24) is 15.3 Å². The third-order valence-corrected chi connectivity index (χ3v) is 3.91. The first-order valence-corrected chi connectivity index (χ1v) is 9.39. The number of amides is 2. The lowest BCUT2D eigenvalue weighted by atomic mass is 10.2. The van der Waals surface area contributed by atoms with E-state index in [1.807, 2.05) is 0 Å². The molecule has 0 bridgehead atoms. The molecule has 4 N–H and O–H groups in total. The standard InChI is InChI=1S/C18H19N5O4S/c1-3-27-17(26)12-9-21-18(28-2)23-15(12)20-10-13(14(19)24)22-16(25)11-7-5-4-6-8-11/h4-10H,3H2,1-2H3,(H2,19,24)(H,22,25)(H,20,21,23)/b13-10-. The Bertz CT molecular complexity index is 902. The minimum Gasteiger partial charge on any atom is -0.462 e. The van der Waals surface area contributed by atoms with Crippen molar-refractivity contribution >= 4 is 35.4 Å². The summed E-state index contributed by atoms with van der Waals surface area (Å²) in [5.74, 6) is -1.88. The van der Waals surface area contributed by atoms with Crippen LogP contribution in [0.25, 0.3) is 0 Å². The van der Waals surface area contributed by atoms with Crippen molar-refractivity contribution in [3.63, 3.8) is 0 Å². The highest BCUT2D eigenvalue weighted by molar-refractivity contribution is 7.98. The molecule has 0 aliphatic rings. The van der Waals surface area contributed by atoms with Crippen LogP contribution < -0.4 is 16.4 Å². The van der Waals surface area contributed by atoms with Crippen molar-refractivity contribution in [1.29, 1.82) is 0 Å². The molecule has 1 heterocycles. The first kappa shape index (κ1) is 20.9. The monoisotopic (exact) mass is 401 g/mol. The molecule has 9 nitrogen and oxygen atoms in total. The summed E-state index contributed by atoms with van der Waals surface area (Å²) in [6, 6.07) is 8.33. The number of carbonyl (C=O) groups is 3. The van der Waals surface area contributed by atoms with Crippen molar-refractivity contribution in [2.75, 3.05) is 18.2 Å². The molecule has 146 valence electrons. The van der Waals surface area contributed by atoms with Gasteiger partial charge in [-0.05, 0) is 25.3 Å². The highest BCUT2D eigenvalue weighted by Gasteiger charge is 2.17. The maximum Gasteiger partial charge on any atom is 0.343 e. The Hall–Kier alpha value is -3.40. The third kappa shape index (κ3) is 5.55. The molecule has 0 fully saturated rings. The third-order valence-electron chi connectivity index (χ3n) is 3.35. The first-order valence-electron chi connectivity index (χ1n) is 8.17. The Morgan fingerprint density at radius 2 is 1.96 bits per heavy atom. The molecule has 1 aromatic carbocycles. The van der Waals surface area contributed by atoms with Gasteiger partial charge in [0.2, 0.25) is 0 Å². The van der Waals surface area contributed by atoms with Crippen LogP contribution in [0.15, 0.2) is 53.6 Å². The maximum absolute atomic E-state index is 12.2. The van der Waals surface area contributed by atoms with Crippen LogP contribution in [-0.4, -0.2) is 40.6 Å². The van der Waals surface area contributed by atoms with Crippen molar-refractivity contribution in [2.45, 2.75) is 12.1 Å².